The standard InChI is InChI=1S/C21H23ClF3N5O4/c1-11-12(4-6-15(27-11)34-2)3-5-14-17(22)28-19(26-10-21(23,24)25)29-18(14)30-20(33)8-7-13(9-31)16(20)32/h4,6,13,16,31-33H,7-10H2,1-2H3,(H2,26,28,29,30)/t13-,16-,20-/m1/s1. The molecule has 0 aliphatic heterocycles. The van der Waals surface area contributed by atoms with E-state index in [0.717, 1.165) is 0 Å². The van der Waals surface area contributed by atoms with Crippen LogP contribution in [0.2, 0.25) is 5.15 Å². The number of nitrogens with zero attached hydrogens (tertiary/aromatic N) is 3. The molecule has 9 nitrogen and oxygen atoms in total. The van der Waals surface area contributed by atoms with E-state index in [0.29, 0.717) is 23.6 Å². The summed E-state index contributed by atoms with van der Waals surface area (Å²) in [5.41, 5.74) is -0.859. The maximum absolute atomic E-state index is 12.6. The Morgan fingerprint density at radius 2 is 2.00 bits per heavy atom. The van der Waals surface area contributed by atoms with E-state index in [-0.39, 0.29) is 29.6 Å². The van der Waals surface area contributed by atoms with E-state index >= 15 is 0 Å². The van der Waals surface area contributed by atoms with E-state index in [1.807, 2.05) is 5.32 Å². The normalized spacial score (nSPS) is 22.1. The summed E-state index contributed by atoms with van der Waals surface area (Å²) >= 11 is 6.23. The van der Waals surface area contributed by atoms with Crippen LogP contribution in [0, 0.1) is 24.7 Å². The number of pyridine rings is 1. The molecule has 1 aliphatic rings. The van der Waals surface area contributed by atoms with Gasteiger partial charge >= 0.3 is 6.18 Å². The summed E-state index contributed by atoms with van der Waals surface area (Å²) in [6.07, 6.45) is -5.56. The molecule has 184 valence electrons. The largest absolute Gasteiger partial charge is 0.481 e. The molecule has 2 heterocycles. The van der Waals surface area contributed by atoms with Crippen molar-refractivity contribution >= 4 is 23.4 Å². The first-order valence-corrected chi connectivity index (χ1v) is 10.5. The first-order chi connectivity index (χ1) is 16.0. The van der Waals surface area contributed by atoms with Gasteiger partial charge in [-0.1, -0.05) is 23.4 Å². The Balaban J connectivity index is 2.01. The van der Waals surface area contributed by atoms with E-state index in [1.54, 1.807) is 19.1 Å². The van der Waals surface area contributed by atoms with Crippen molar-refractivity contribution in [3.05, 3.63) is 34.1 Å². The van der Waals surface area contributed by atoms with Crippen molar-refractivity contribution in [3.8, 4) is 17.7 Å². The van der Waals surface area contributed by atoms with Crippen LogP contribution in [0.4, 0.5) is 24.9 Å². The molecule has 1 saturated carbocycles. The summed E-state index contributed by atoms with van der Waals surface area (Å²) in [6.45, 7) is -0.0605. The average Bonchev–Trinajstić information content (AvgIpc) is 3.05. The lowest BCUT2D eigenvalue weighted by Gasteiger charge is -2.30. The molecule has 0 bridgehead atoms. The SMILES string of the molecule is COc1ccc(C#Cc2c(Cl)nc(NCC(F)(F)F)nc2N[C@@]2(O)CC[C@H](CO)[C@H]2O)c(C)n1. The van der Waals surface area contributed by atoms with Gasteiger partial charge in [-0.25, -0.2) is 4.98 Å². The molecule has 1 fully saturated rings. The fraction of sp³-hybridized carbons (Fsp3) is 0.476. The van der Waals surface area contributed by atoms with Crippen molar-refractivity contribution in [2.75, 3.05) is 30.9 Å². The molecular weight excluding hydrogens is 479 g/mol. The number of methoxy groups -OCH3 is 1. The number of alkyl halides is 3. The van der Waals surface area contributed by atoms with Crippen molar-refractivity contribution < 1.29 is 33.2 Å². The molecule has 2 aromatic heterocycles. The predicted octanol–water partition coefficient (Wildman–Crippen LogP) is 2.08. The van der Waals surface area contributed by atoms with Crippen molar-refractivity contribution in [3.63, 3.8) is 0 Å². The van der Waals surface area contributed by atoms with Crippen LogP contribution in [0.15, 0.2) is 12.1 Å². The summed E-state index contributed by atoms with van der Waals surface area (Å²) in [6, 6.07) is 3.26. The van der Waals surface area contributed by atoms with Crippen LogP contribution in [-0.4, -0.2) is 68.5 Å². The highest BCUT2D eigenvalue weighted by atomic mass is 35.5. The Kier molecular flexibility index (Phi) is 7.72. The fourth-order valence-corrected chi connectivity index (χ4v) is 3.66. The minimum absolute atomic E-state index is 0.0116. The molecule has 0 radical (unpaired) electrons. The lowest BCUT2D eigenvalue weighted by atomic mass is 10.0. The van der Waals surface area contributed by atoms with Gasteiger partial charge in [0.25, 0.3) is 0 Å². The summed E-state index contributed by atoms with van der Waals surface area (Å²) in [5, 5.41) is 35.2. The molecule has 0 aromatic carbocycles. The second-order valence-corrected chi connectivity index (χ2v) is 8.10. The molecule has 34 heavy (non-hydrogen) atoms. The van der Waals surface area contributed by atoms with Crippen molar-refractivity contribution in [1.29, 1.82) is 0 Å². The lowest BCUT2D eigenvalue weighted by Crippen LogP contribution is -2.48. The quantitative estimate of drug-likeness (QED) is 0.229. The molecule has 1 aliphatic carbocycles. The molecule has 13 heteroatoms. The molecular formula is C21H23ClF3N5O4. The minimum atomic E-state index is -4.53. The van der Waals surface area contributed by atoms with E-state index in [2.05, 4.69) is 32.1 Å². The summed E-state index contributed by atoms with van der Waals surface area (Å²) in [4.78, 5) is 12.0. The third-order valence-electron chi connectivity index (χ3n) is 5.30. The Bertz CT molecular complexity index is 1110. The molecule has 2 aromatic rings. The third kappa shape index (κ3) is 5.98. The van der Waals surface area contributed by atoms with E-state index < -0.39 is 36.4 Å². The van der Waals surface area contributed by atoms with Crippen LogP contribution in [0.1, 0.15) is 29.7 Å². The smallest absolute Gasteiger partial charge is 0.405 e. The van der Waals surface area contributed by atoms with Gasteiger partial charge in [-0.3, -0.25) is 0 Å². The van der Waals surface area contributed by atoms with E-state index in [4.69, 9.17) is 16.3 Å². The lowest BCUT2D eigenvalue weighted by molar-refractivity contribution is -0.115. The Morgan fingerprint density at radius 1 is 1.26 bits per heavy atom. The number of hydrogen-bond acceptors (Lipinski definition) is 9. The summed E-state index contributed by atoms with van der Waals surface area (Å²) in [5.74, 6) is 4.77. The zero-order valence-corrected chi connectivity index (χ0v) is 19.0. The Labute approximate surface area is 198 Å². The monoisotopic (exact) mass is 501 g/mol. The van der Waals surface area contributed by atoms with E-state index in [1.165, 1.54) is 7.11 Å². The number of aliphatic hydroxyl groups excluding tert-OH is 2. The molecule has 0 spiro atoms. The second kappa shape index (κ2) is 10.2. The molecule has 0 unspecified atom stereocenters. The van der Waals surface area contributed by atoms with E-state index in [9.17, 15) is 28.5 Å². The Hall–Kier alpha value is -2.85. The molecule has 5 N–H and O–H groups in total. The minimum Gasteiger partial charge on any atom is -0.481 e. The van der Waals surface area contributed by atoms with Gasteiger partial charge in [0.1, 0.15) is 18.2 Å². The van der Waals surface area contributed by atoms with Gasteiger partial charge in [0, 0.05) is 24.2 Å². The fourth-order valence-electron chi connectivity index (χ4n) is 3.44. The van der Waals surface area contributed by atoms with Gasteiger partial charge in [-0.2, -0.15) is 23.1 Å². The topological polar surface area (TPSA) is 133 Å². The van der Waals surface area contributed by atoms with Crippen molar-refractivity contribution in [2.45, 2.75) is 37.8 Å². The predicted molar refractivity (Wildman–Crippen MR) is 117 cm³/mol. The van der Waals surface area contributed by atoms with Gasteiger partial charge in [-0.15, -0.1) is 0 Å². The first-order valence-electron chi connectivity index (χ1n) is 10.2. The van der Waals surface area contributed by atoms with Gasteiger partial charge in [0.15, 0.2) is 16.7 Å². The maximum Gasteiger partial charge on any atom is 0.405 e. The highest BCUT2D eigenvalue weighted by Crippen LogP contribution is 2.36. The van der Waals surface area contributed by atoms with Crippen LogP contribution in [0.5, 0.6) is 5.88 Å². The first kappa shape index (κ1) is 25.8. The van der Waals surface area contributed by atoms with Gasteiger partial charge in [-0.05, 0) is 25.8 Å². The van der Waals surface area contributed by atoms with Crippen LogP contribution >= 0.6 is 11.6 Å². The average molecular weight is 502 g/mol. The zero-order valence-electron chi connectivity index (χ0n) is 18.2. The second-order valence-electron chi connectivity index (χ2n) is 7.74. The van der Waals surface area contributed by atoms with Gasteiger partial charge < -0.3 is 30.7 Å². The summed E-state index contributed by atoms with van der Waals surface area (Å²) < 4.78 is 43.0. The maximum atomic E-state index is 12.6. The van der Waals surface area contributed by atoms with Crippen LogP contribution in [0.3, 0.4) is 0 Å². The number of aryl methyl sites for hydroxylation is 1. The highest BCUT2D eigenvalue weighted by Gasteiger charge is 2.47. The Morgan fingerprint density at radius 3 is 2.59 bits per heavy atom. The number of nitrogens with one attached hydrogen (secondary N) is 2. The number of hydrogen-bond donors (Lipinski definition) is 5. The van der Waals surface area contributed by atoms with Crippen LogP contribution in [-0.2, 0) is 0 Å². The highest BCUT2D eigenvalue weighted by molar-refractivity contribution is 6.31. The molecule has 3 atom stereocenters. The van der Waals surface area contributed by atoms with Crippen LogP contribution < -0.4 is 15.4 Å². The molecule has 3 rings (SSSR count). The number of aromatic nitrogens is 3. The molecule has 0 saturated heterocycles. The van der Waals surface area contributed by atoms with Gasteiger partial charge in [0.05, 0.1) is 12.8 Å². The number of halogens is 4. The third-order valence-corrected chi connectivity index (χ3v) is 5.58. The summed E-state index contributed by atoms with van der Waals surface area (Å²) in [7, 11) is 1.47. The number of aliphatic hydroxyl groups is 3. The van der Waals surface area contributed by atoms with Gasteiger partial charge in [0.2, 0.25) is 11.8 Å². The molecule has 0 amide bonds. The number of anilines is 2. The van der Waals surface area contributed by atoms with Crippen molar-refractivity contribution in [1.82, 2.24) is 15.0 Å². The number of ether oxygens (including phenoxy) is 1. The zero-order chi connectivity index (χ0) is 25.1. The van der Waals surface area contributed by atoms with Crippen LogP contribution in [0.25, 0.3) is 0 Å². The van der Waals surface area contributed by atoms with Crippen molar-refractivity contribution in [2.24, 2.45) is 5.92 Å². The number of rotatable bonds is 6.